The van der Waals surface area contributed by atoms with Crippen LogP contribution in [-0.2, 0) is 0 Å². The molecule has 2 aliphatic heterocycles. The average Bonchev–Trinajstić information content (AvgIpc) is 2.56. The van der Waals surface area contributed by atoms with E-state index in [-0.39, 0.29) is 0 Å². The predicted octanol–water partition coefficient (Wildman–Crippen LogP) is 2.95. The first-order chi connectivity index (χ1) is 9.82. The fourth-order valence-corrected chi connectivity index (χ4v) is 9.80. The first-order valence-electron chi connectivity index (χ1n) is 8.00. The number of rotatable bonds is 3. The zero-order valence-corrected chi connectivity index (χ0v) is 15.0. The van der Waals surface area contributed by atoms with Crippen LogP contribution < -0.4 is 5.30 Å². The molecule has 0 amide bonds. The van der Waals surface area contributed by atoms with Gasteiger partial charge in [0.1, 0.15) is 0 Å². The van der Waals surface area contributed by atoms with Gasteiger partial charge in [-0.15, -0.1) is 0 Å². The Kier molecular flexibility index (Phi) is 5.18. The van der Waals surface area contributed by atoms with Crippen molar-refractivity contribution in [2.24, 2.45) is 0 Å². The molecule has 0 aromatic heterocycles. The van der Waals surface area contributed by atoms with E-state index in [0.29, 0.717) is 0 Å². The third kappa shape index (κ3) is 2.98. The summed E-state index contributed by atoms with van der Waals surface area (Å²) in [4.78, 5) is 0. The number of hydrogen-bond donors (Lipinski definition) is 0. The number of piperidine rings is 2. The van der Waals surface area contributed by atoms with E-state index in [9.17, 15) is 0 Å². The summed E-state index contributed by atoms with van der Waals surface area (Å²) in [6.07, 6.45) is 8.33. The van der Waals surface area contributed by atoms with Crippen molar-refractivity contribution in [3.63, 3.8) is 0 Å². The van der Waals surface area contributed by atoms with Crippen LogP contribution in [0.15, 0.2) is 30.3 Å². The molecule has 0 bridgehead atoms. The van der Waals surface area contributed by atoms with Gasteiger partial charge in [-0.05, 0) is 0 Å². The van der Waals surface area contributed by atoms with Crippen LogP contribution in [0.25, 0.3) is 0 Å². The minimum absolute atomic E-state index is 1.29. The molecule has 111 valence electrons. The number of benzene rings is 1. The summed E-state index contributed by atoms with van der Waals surface area (Å²) >= 11 is 3.14. The maximum absolute atomic E-state index is 3.14. The fourth-order valence-electron chi connectivity index (χ4n) is 3.45. The molecule has 0 saturated carbocycles. The van der Waals surface area contributed by atoms with Crippen molar-refractivity contribution >= 4 is 26.2 Å². The summed E-state index contributed by atoms with van der Waals surface area (Å²) in [5.74, 6) is -1.37. The molecule has 2 heterocycles. The maximum atomic E-state index is 3.14. The Bertz CT molecular complexity index is 443. The summed E-state index contributed by atoms with van der Waals surface area (Å²) < 4.78 is 5.63. The first-order valence-corrected chi connectivity index (χ1v) is 12.2. The summed E-state index contributed by atoms with van der Waals surface area (Å²) in [5, 5.41) is 1.56. The van der Waals surface area contributed by atoms with Crippen LogP contribution in [0.5, 0.6) is 0 Å². The first kappa shape index (κ1) is 15.0. The van der Waals surface area contributed by atoms with E-state index in [1.54, 1.807) is 5.30 Å². The molecule has 20 heavy (non-hydrogen) atoms. The molecule has 1 radical (unpaired) electrons. The topological polar surface area (TPSA) is 6.48 Å². The Morgan fingerprint density at radius 3 is 1.60 bits per heavy atom. The minimum atomic E-state index is -1.37. The van der Waals surface area contributed by atoms with E-state index in [4.69, 9.17) is 0 Å². The molecule has 2 fully saturated rings. The normalized spacial score (nSPS) is 22.8. The number of nitrogens with zero attached hydrogens (tertiary/aromatic N) is 2. The van der Waals surface area contributed by atoms with Crippen molar-refractivity contribution in [1.82, 2.24) is 9.34 Å². The van der Waals surface area contributed by atoms with Gasteiger partial charge < -0.3 is 0 Å². The third-order valence-electron chi connectivity index (χ3n) is 4.56. The van der Waals surface area contributed by atoms with Gasteiger partial charge in [-0.1, -0.05) is 0 Å². The van der Waals surface area contributed by atoms with Crippen LogP contribution in [0.3, 0.4) is 0 Å². The van der Waals surface area contributed by atoms with Gasteiger partial charge in [0.05, 0.1) is 0 Å². The van der Waals surface area contributed by atoms with Crippen LogP contribution in [0.1, 0.15) is 38.5 Å². The van der Waals surface area contributed by atoms with E-state index in [1.807, 2.05) is 0 Å². The van der Waals surface area contributed by atoms with E-state index >= 15 is 0 Å². The Hall–Kier alpha value is 0.0895. The standard InChI is InChI=1S/C16H26N2PSe/c20-19(16-10-4-1-5-11-16,17-12-6-2-7-13-17)18-14-8-3-9-15-18/h1,4-5,10-11,20H,2-3,6-9,12-15H2. The Morgan fingerprint density at radius 1 is 0.700 bits per heavy atom. The molecule has 1 aromatic carbocycles. The van der Waals surface area contributed by atoms with Crippen molar-refractivity contribution in [3.8, 4) is 0 Å². The Balaban J connectivity index is 1.95. The van der Waals surface area contributed by atoms with Gasteiger partial charge in [0, 0.05) is 0 Å². The van der Waals surface area contributed by atoms with Gasteiger partial charge in [-0.3, -0.25) is 0 Å². The SMILES string of the molecule is [SeH]=P(c1ccccc1)(N1CCCCC1)N1CCCCC1. The van der Waals surface area contributed by atoms with Gasteiger partial charge in [0.15, 0.2) is 0 Å². The molecule has 2 nitrogen and oxygen atoms in total. The van der Waals surface area contributed by atoms with E-state index in [2.05, 4.69) is 54.8 Å². The summed E-state index contributed by atoms with van der Waals surface area (Å²) in [7, 11) is 0. The van der Waals surface area contributed by atoms with Crippen LogP contribution in [-0.4, -0.2) is 50.6 Å². The summed E-state index contributed by atoms with van der Waals surface area (Å²) in [6, 6.07) is 11.3. The van der Waals surface area contributed by atoms with E-state index in [0.717, 1.165) is 0 Å². The van der Waals surface area contributed by atoms with Gasteiger partial charge in [-0.25, -0.2) is 0 Å². The van der Waals surface area contributed by atoms with E-state index < -0.39 is 5.81 Å². The molecule has 1 aromatic rings. The summed E-state index contributed by atoms with van der Waals surface area (Å²) in [6.45, 7) is 5.14. The summed E-state index contributed by atoms with van der Waals surface area (Å²) in [5.41, 5.74) is 0. The van der Waals surface area contributed by atoms with E-state index in [1.165, 1.54) is 64.7 Å². The average molecular weight is 356 g/mol. The van der Waals surface area contributed by atoms with Gasteiger partial charge >= 0.3 is 131 Å². The van der Waals surface area contributed by atoms with Crippen molar-refractivity contribution in [2.75, 3.05) is 26.2 Å². The van der Waals surface area contributed by atoms with Crippen LogP contribution in [0.4, 0.5) is 0 Å². The van der Waals surface area contributed by atoms with Gasteiger partial charge in [0.25, 0.3) is 0 Å². The Morgan fingerprint density at radius 2 is 1.15 bits per heavy atom. The zero-order valence-electron chi connectivity index (χ0n) is 12.2. The zero-order chi connectivity index (χ0) is 13.8. The molecular weight excluding hydrogens is 330 g/mol. The van der Waals surface area contributed by atoms with Gasteiger partial charge in [0.2, 0.25) is 0 Å². The molecule has 0 atom stereocenters. The molecule has 4 heteroatoms. The van der Waals surface area contributed by atoms with Crippen LogP contribution >= 0.6 is 5.81 Å². The van der Waals surface area contributed by atoms with Crippen LogP contribution in [0.2, 0.25) is 0 Å². The molecular formula is C16H26N2PSe. The second-order valence-electron chi connectivity index (χ2n) is 5.93. The Labute approximate surface area is 130 Å². The molecule has 2 aliphatic rings. The van der Waals surface area contributed by atoms with Crippen molar-refractivity contribution in [1.29, 1.82) is 0 Å². The molecule has 0 unspecified atom stereocenters. The quantitative estimate of drug-likeness (QED) is 0.607. The second-order valence-corrected chi connectivity index (χ2v) is 12.2. The predicted molar refractivity (Wildman–Crippen MR) is 91.0 cm³/mol. The van der Waals surface area contributed by atoms with Gasteiger partial charge in [-0.2, -0.15) is 0 Å². The molecule has 0 aliphatic carbocycles. The molecule has 2 saturated heterocycles. The number of hydrogen-bond acceptors (Lipinski definition) is 2. The fraction of sp³-hybridized carbons (Fsp3) is 0.625. The van der Waals surface area contributed by atoms with Crippen molar-refractivity contribution in [3.05, 3.63) is 30.3 Å². The molecule has 3 rings (SSSR count). The molecule has 0 N–H and O–H groups in total. The van der Waals surface area contributed by atoms with Crippen LogP contribution in [0, 0.1) is 0 Å². The van der Waals surface area contributed by atoms with Crippen molar-refractivity contribution in [2.45, 2.75) is 38.5 Å². The molecule has 0 spiro atoms. The second kappa shape index (κ2) is 6.90. The van der Waals surface area contributed by atoms with Crippen molar-refractivity contribution < 1.29 is 0 Å². The third-order valence-corrected chi connectivity index (χ3v) is 12.6. The monoisotopic (exact) mass is 357 g/mol.